The molecule has 2 aromatic rings. The Morgan fingerprint density at radius 1 is 1.19 bits per heavy atom. The van der Waals surface area contributed by atoms with E-state index in [9.17, 15) is 4.79 Å². The lowest BCUT2D eigenvalue weighted by atomic mass is 10.0. The number of nitrogens with one attached hydrogen (secondary N) is 1. The summed E-state index contributed by atoms with van der Waals surface area (Å²) in [6.45, 7) is 1.20. The highest BCUT2D eigenvalue weighted by molar-refractivity contribution is 7.98. The number of carbonyl (C=O) groups excluding carboxylic acids is 1. The van der Waals surface area contributed by atoms with Crippen molar-refractivity contribution in [2.45, 2.75) is 36.4 Å². The number of benzene rings is 2. The third-order valence-corrected chi connectivity index (χ3v) is 5.69. The highest BCUT2D eigenvalue weighted by atomic mass is 32.2. The monoisotopic (exact) mass is 369 g/mol. The summed E-state index contributed by atoms with van der Waals surface area (Å²) in [5.41, 5.74) is 3.61. The summed E-state index contributed by atoms with van der Waals surface area (Å²) in [5.74, 6) is 0.905. The van der Waals surface area contributed by atoms with Crippen LogP contribution in [-0.2, 0) is 16.0 Å². The minimum absolute atomic E-state index is 0.00975. The van der Waals surface area contributed by atoms with Gasteiger partial charge in [-0.3, -0.25) is 4.79 Å². The van der Waals surface area contributed by atoms with Gasteiger partial charge in [-0.2, -0.15) is 0 Å². The van der Waals surface area contributed by atoms with Gasteiger partial charge in [-0.05, 0) is 60.1 Å². The summed E-state index contributed by atoms with van der Waals surface area (Å²) in [4.78, 5) is 13.3. The van der Waals surface area contributed by atoms with Crippen molar-refractivity contribution in [3.05, 3.63) is 48.0 Å². The molecule has 2 unspecified atom stereocenters. The molecule has 0 saturated carbocycles. The Morgan fingerprint density at radius 2 is 2.00 bits per heavy atom. The van der Waals surface area contributed by atoms with Gasteiger partial charge < -0.3 is 14.8 Å². The van der Waals surface area contributed by atoms with Crippen LogP contribution in [0.25, 0.3) is 11.1 Å². The molecule has 2 aromatic carbocycles. The standard InChI is InChI=1S/C21H23NO3S/c1-26-18-7-4-14(5-8-18)15-6-9-19-16(11-15)12-17(25-19)13-22-21(23)20-3-2-10-24-20/h4-9,11,17,20H,2-3,10,12-13H2,1H3,(H,22,23). The molecule has 1 amide bonds. The number of ether oxygens (including phenoxy) is 2. The van der Waals surface area contributed by atoms with Crippen molar-refractivity contribution >= 4 is 17.7 Å². The molecular weight excluding hydrogens is 346 g/mol. The van der Waals surface area contributed by atoms with Gasteiger partial charge in [-0.15, -0.1) is 11.8 Å². The first-order valence-electron chi connectivity index (χ1n) is 9.06. The molecule has 5 heteroatoms. The molecule has 0 aromatic heterocycles. The van der Waals surface area contributed by atoms with Crippen molar-refractivity contribution in [1.29, 1.82) is 0 Å². The lowest BCUT2D eigenvalue weighted by molar-refractivity contribution is -0.130. The average Bonchev–Trinajstić information content (AvgIpc) is 3.35. The van der Waals surface area contributed by atoms with Gasteiger partial charge >= 0.3 is 0 Å². The molecule has 0 spiro atoms. The normalized spacial score (nSPS) is 21.3. The molecule has 2 aliphatic heterocycles. The van der Waals surface area contributed by atoms with E-state index in [4.69, 9.17) is 9.47 Å². The van der Waals surface area contributed by atoms with Crippen molar-refractivity contribution in [3.8, 4) is 16.9 Å². The molecule has 1 fully saturated rings. The van der Waals surface area contributed by atoms with Crippen LogP contribution in [0.3, 0.4) is 0 Å². The first kappa shape index (κ1) is 17.4. The Bertz CT molecular complexity index is 784. The zero-order valence-electron chi connectivity index (χ0n) is 14.9. The lowest BCUT2D eigenvalue weighted by Gasteiger charge is -2.14. The summed E-state index contributed by atoms with van der Waals surface area (Å²) in [5, 5.41) is 2.97. The third kappa shape index (κ3) is 3.74. The van der Waals surface area contributed by atoms with Crippen LogP contribution in [0.4, 0.5) is 0 Å². The van der Waals surface area contributed by atoms with E-state index in [0.29, 0.717) is 13.2 Å². The number of thioether (sulfide) groups is 1. The van der Waals surface area contributed by atoms with Crippen LogP contribution < -0.4 is 10.1 Å². The largest absolute Gasteiger partial charge is 0.488 e. The Labute approximate surface area is 158 Å². The van der Waals surface area contributed by atoms with Crippen molar-refractivity contribution in [1.82, 2.24) is 5.32 Å². The second-order valence-electron chi connectivity index (χ2n) is 6.74. The van der Waals surface area contributed by atoms with E-state index >= 15 is 0 Å². The Balaban J connectivity index is 1.38. The molecular formula is C21H23NO3S. The Morgan fingerprint density at radius 3 is 2.73 bits per heavy atom. The van der Waals surface area contributed by atoms with Gasteiger partial charge in [0.15, 0.2) is 0 Å². The summed E-state index contributed by atoms with van der Waals surface area (Å²) in [6, 6.07) is 14.9. The van der Waals surface area contributed by atoms with Crippen molar-refractivity contribution in [3.63, 3.8) is 0 Å². The van der Waals surface area contributed by atoms with Gasteiger partial charge in [0.2, 0.25) is 5.91 Å². The topological polar surface area (TPSA) is 47.6 Å². The maximum Gasteiger partial charge on any atom is 0.249 e. The van der Waals surface area contributed by atoms with Crippen LogP contribution in [-0.4, -0.2) is 37.5 Å². The number of amides is 1. The lowest BCUT2D eigenvalue weighted by Crippen LogP contribution is -2.40. The molecule has 0 bridgehead atoms. The van der Waals surface area contributed by atoms with E-state index in [1.165, 1.54) is 21.6 Å². The fraction of sp³-hybridized carbons (Fsp3) is 0.381. The van der Waals surface area contributed by atoms with Gasteiger partial charge in [0, 0.05) is 17.9 Å². The third-order valence-electron chi connectivity index (χ3n) is 4.95. The second kappa shape index (κ2) is 7.72. The van der Waals surface area contributed by atoms with Crippen LogP contribution in [0, 0.1) is 0 Å². The van der Waals surface area contributed by atoms with E-state index in [1.807, 2.05) is 6.07 Å². The van der Waals surface area contributed by atoms with Crippen LogP contribution in [0.15, 0.2) is 47.4 Å². The molecule has 1 saturated heterocycles. The van der Waals surface area contributed by atoms with E-state index in [0.717, 1.165) is 25.0 Å². The summed E-state index contributed by atoms with van der Waals surface area (Å²) < 4.78 is 11.4. The maximum absolute atomic E-state index is 12.1. The summed E-state index contributed by atoms with van der Waals surface area (Å²) >= 11 is 1.75. The fourth-order valence-electron chi connectivity index (χ4n) is 3.51. The predicted octanol–water partition coefficient (Wildman–Crippen LogP) is 3.67. The van der Waals surface area contributed by atoms with Crippen molar-refractivity contribution < 1.29 is 14.3 Å². The van der Waals surface area contributed by atoms with Crippen LogP contribution in [0.1, 0.15) is 18.4 Å². The molecule has 0 radical (unpaired) electrons. The van der Waals surface area contributed by atoms with Gasteiger partial charge in [0.1, 0.15) is 18.0 Å². The van der Waals surface area contributed by atoms with Crippen molar-refractivity contribution in [2.24, 2.45) is 0 Å². The average molecular weight is 369 g/mol. The number of carbonyl (C=O) groups is 1. The van der Waals surface area contributed by atoms with Gasteiger partial charge in [0.05, 0.1) is 6.54 Å². The van der Waals surface area contributed by atoms with E-state index < -0.39 is 0 Å². The number of hydrogen-bond acceptors (Lipinski definition) is 4. The molecule has 4 nitrogen and oxygen atoms in total. The maximum atomic E-state index is 12.1. The number of rotatable bonds is 5. The SMILES string of the molecule is CSc1ccc(-c2ccc3c(c2)CC(CNC(=O)C2CCCO2)O3)cc1. The molecule has 1 N–H and O–H groups in total. The van der Waals surface area contributed by atoms with Crippen LogP contribution >= 0.6 is 11.8 Å². The molecule has 2 heterocycles. The quantitative estimate of drug-likeness (QED) is 0.817. The first-order chi connectivity index (χ1) is 12.7. The fourth-order valence-corrected chi connectivity index (χ4v) is 3.92. The summed E-state index contributed by atoms with van der Waals surface area (Å²) in [7, 11) is 0. The zero-order chi connectivity index (χ0) is 17.9. The predicted molar refractivity (Wildman–Crippen MR) is 104 cm³/mol. The summed E-state index contributed by atoms with van der Waals surface area (Å²) in [6.07, 6.45) is 4.39. The molecule has 4 rings (SSSR count). The van der Waals surface area contributed by atoms with Crippen LogP contribution in [0.2, 0.25) is 0 Å². The number of hydrogen-bond donors (Lipinski definition) is 1. The van der Waals surface area contributed by atoms with Crippen LogP contribution in [0.5, 0.6) is 5.75 Å². The highest BCUT2D eigenvalue weighted by Crippen LogP contribution is 2.33. The first-order valence-corrected chi connectivity index (χ1v) is 10.3. The Kier molecular flexibility index (Phi) is 5.18. The molecule has 136 valence electrons. The van der Waals surface area contributed by atoms with Crippen molar-refractivity contribution in [2.75, 3.05) is 19.4 Å². The second-order valence-corrected chi connectivity index (χ2v) is 7.62. The highest BCUT2D eigenvalue weighted by Gasteiger charge is 2.27. The minimum atomic E-state index is -0.283. The molecule has 2 aliphatic rings. The van der Waals surface area contributed by atoms with E-state index in [1.54, 1.807) is 11.8 Å². The van der Waals surface area contributed by atoms with E-state index in [-0.39, 0.29) is 18.1 Å². The zero-order valence-corrected chi connectivity index (χ0v) is 15.7. The van der Waals surface area contributed by atoms with Gasteiger partial charge in [0.25, 0.3) is 0 Å². The Hall–Kier alpha value is -1.98. The molecule has 0 aliphatic carbocycles. The number of fused-ring (bicyclic) bond motifs is 1. The minimum Gasteiger partial charge on any atom is -0.488 e. The van der Waals surface area contributed by atoms with Gasteiger partial charge in [-0.1, -0.05) is 18.2 Å². The smallest absolute Gasteiger partial charge is 0.249 e. The molecule has 26 heavy (non-hydrogen) atoms. The molecule has 2 atom stereocenters. The van der Waals surface area contributed by atoms with E-state index in [2.05, 4.69) is 48.0 Å². The van der Waals surface area contributed by atoms with Gasteiger partial charge in [-0.25, -0.2) is 0 Å².